The standard InChI is InChI=1S/C12H11Br2NOS/c13-8-3-1-2-4-11(8)17-7-10(15)12-9(14)5-6-16-12/h1-6,10H,7,15H2. The van der Waals surface area contributed by atoms with E-state index in [2.05, 4.69) is 37.9 Å². The van der Waals surface area contributed by atoms with Crippen molar-refractivity contribution in [1.29, 1.82) is 0 Å². The molecule has 1 aromatic carbocycles. The second-order valence-electron chi connectivity index (χ2n) is 3.48. The molecule has 0 saturated carbocycles. The first-order valence-electron chi connectivity index (χ1n) is 5.04. The molecule has 2 aromatic rings. The van der Waals surface area contributed by atoms with Crippen molar-refractivity contribution in [1.82, 2.24) is 0 Å². The van der Waals surface area contributed by atoms with Gasteiger partial charge >= 0.3 is 0 Å². The molecule has 0 aliphatic rings. The first-order valence-corrected chi connectivity index (χ1v) is 7.61. The van der Waals surface area contributed by atoms with Gasteiger partial charge in [-0.15, -0.1) is 11.8 Å². The normalized spacial score (nSPS) is 12.6. The number of hydrogen-bond acceptors (Lipinski definition) is 3. The van der Waals surface area contributed by atoms with Crippen molar-refractivity contribution in [3.05, 3.63) is 51.3 Å². The van der Waals surface area contributed by atoms with E-state index in [9.17, 15) is 0 Å². The van der Waals surface area contributed by atoms with Crippen LogP contribution in [0.1, 0.15) is 11.8 Å². The van der Waals surface area contributed by atoms with Gasteiger partial charge < -0.3 is 10.2 Å². The molecular formula is C12H11Br2NOS. The average molecular weight is 377 g/mol. The van der Waals surface area contributed by atoms with Crippen LogP contribution < -0.4 is 5.73 Å². The summed E-state index contributed by atoms with van der Waals surface area (Å²) in [5.74, 6) is 1.57. The van der Waals surface area contributed by atoms with Crippen LogP contribution in [-0.2, 0) is 0 Å². The van der Waals surface area contributed by atoms with Gasteiger partial charge in [0.2, 0.25) is 0 Å². The van der Waals surface area contributed by atoms with E-state index in [0.29, 0.717) is 0 Å². The number of benzene rings is 1. The third-order valence-corrected chi connectivity index (χ3v) is 5.04. The van der Waals surface area contributed by atoms with Crippen molar-refractivity contribution in [2.24, 2.45) is 5.73 Å². The molecule has 90 valence electrons. The van der Waals surface area contributed by atoms with Crippen molar-refractivity contribution in [2.75, 3.05) is 5.75 Å². The van der Waals surface area contributed by atoms with Gasteiger partial charge in [-0.2, -0.15) is 0 Å². The van der Waals surface area contributed by atoms with Crippen LogP contribution in [0.15, 0.2) is 54.9 Å². The van der Waals surface area contributed by atoms with E-state index in [1.165, 1.54) is 4.90 Å². The lowest BCUT2D eigenvalue weighted by molar-refractivity contribution is 0.480. The minimum Gasteiger partial charge on any atom is -0.466 e. The lowest BCUT2D eigenvalue weighted by Crippen LogP contribution is -2.12. The Morgan fingerprint density at radius 1 is 1.18 bits per heavy atom. The molecule has 1 atom stereocenters. The summed E-state index contributed by atoms with van der Waals surface area (Å²) in [6.07, 6.45) is 1.64. The summed E-state index contributed by atoms with van der Waals surface area (Å²) in [5.41, 5.74) is 6.08. The summed E-state index contributed by atoms with van der Waals surface area (Å²) in [6.45, 7) is 0. The number of rotatable bonds is 4. The summed E-state index contributed by atoms with van der Waals surface area (Å²) in [5, 5.41) is 0. The molecule has 2 N–H and O–H groups in total. The fourth-order valence-corrected chi connectivity index (χ4v) is 3.40. The van der Waals surface area contributed by atoms with Crippen LogP contribution in [0.5, 0.6) is 0 Å². The van der Waals surface area contributed by atoms with Crippen LogP contribution in [-0.4, -0.2) is 5.75 Å². The van der Waals surface area contributed by atoms with Crippen molar-refractivity contribution in [3.63, 3.8) is 0 Å². The molecule has 0 amide bonds. The zero-order chi connectivity index (χ0) is 12.3. The van der Waals surface area contributed by atoms with Crippen LogP contribution in [0, 0.1) is 0 Å². The second-order valence-corrected chi connectivity index (χ2v) is 6.25. The number of hydrogen-bond donors (Lipinski definition) is 1. The minimum absolute atomic E-state index is 0.114. The maximum atomic E-state index is 6.08. The van der Waals surface area contributed by atoms with Gasteiger partial charge in [-0.25, -0.2) is 0 Å². The highest BCUT2D eigenvalue weighted by atomic mass is 79.9. The second kappa shape index (κ2) is 6.09. The van der Waals surface area contributed by atoms with E-state index in [0.717, 1.165) is 20.5 Å². The molecule has 0 aliphatic carbocycles. The molecule has 1 unspecified atom stereocenters. The van der Waals surface area contributed by atoms with Gasteiger partial charge in [-0.3, -0.25) is 0 Å². The fraction of sp³-hybridized carbons (Fsp3) is 0.167. The Kier molecular flexibility index (Phi) is 4.73. The van der Waals surface area contributed by atoms with E-state index >= 15 is 0 Å². The summed E-state index contributed by atoms with van der Waals surface area (Å²) in [6, 6.07) is 9.85. The smallest absolute Gasteiger partial charge is 0.135 e. The lowest BCUT2D eigenvalue weighted by atomic mass is 10.3. The molecule has 0 fully saturated rings. The molecular weight excluding hydrogens is 366 g/mol. The monoisotopic (exact) mass is 375 g/mol. The zero-order valence-corrected chi connectivity index (χ0v) is 12.9. The third-order valence-electron chi connectivity index (χ3n) is 2.24. The topological polar surface area (TPSA) is 39.2 Å². The summed E-state index contributed by atoms with van der Waals surface area (Å²) in [4.78, 5) is 1.19. The van der Waals surface area contributed by atoms with Crippen LogP contribution in [0.2, 0.25) is 0 Å². The largest absolute Gasteiger partial charge is 0.466 e. The molecule has 0 saturated heterocycles. The van der Waals surface area contributed by atoms with Crippen molar-refractivity contribution in [2.45, 2.75) is 10.9 Å². The van der Waals surface area contributed by atoms with Crippen molar-refractivity contribution >= 4 is 43.6 Å². The Balaban J connectivity index is 2.00. The molecule has 0 aliphatic heterocycles. The van der Waals surface area contributed by atoms with Gasteiger partial charge in [0.15, 0.2) is 0 Å². The Bertz CT molecular complexity index is 501. The molecule has 1 aromatic heterocycles. The Hall–Kier alpha value is -0.230. The SMILES string of the molecule is NC(CSc1ccccc1Br)c1occc1Br. The highest BCUT2D eigenvalue weighted by Crippen LogP contribution is 2.31. The van der Waals surface area contributed by atoms with Gasteiger partial charge in [0, 0.05) is 15.1 Å². The lowest BCUT2D eigenvalue weighted by Gasteiger charge is -2.10. The molecule has 0 bridgehead atoms. The van der Waals surface area contributed by atoms with Crippen molar-refractivity contribution < 1.29 is 4.42 Å². The highest BCUT2D eigenvalue weighted by molar-refractivity contribution is 9.10. The molecule has 0 radical (unpaired) electrons. The number of halogens is 2. The quantitative estimate of drug-likeness (QED) is 0.792. The summed E-state index contributed by atoms with van der Waals surface area (Å²) >= 11 is 8.64. The molecule has 0 spiro atoms. The average Bonchev–Trinajstić information content (AvgIpc) is 2.74. The van der Waals surface area contributed by atoms with E-state index in [4.69, 9.17) is 10.2 Å². The zero-order valence-electron chi connectivity index (χ0n) is 8.90. The summed E-state index contributed by atoms with van der Waals surface area (Å²) in [7, 11) is 0. The van der Waals surface area contributed by atoms with E-state index in [-0.39, 0.29) is 6.04 Å². The van der Waals surface area contributed by atoms with Crippen LogP contribution in [0.25, 0.3) is 0 Å². The maximum absolute atomic E-state index is 6.08. The van der Waals surface area contributed by atoms with Gasteiger partial charge in [0.1, 0.15) is 5.76 Å². The van der Waals surface area contributed by atoms with Crippen molar-refractivity contribution in [3.8, 4) is 0 Å². The molecule has 2 rings (SSSR count). The first kappa shape index (κ1) is 13.2. The summed E-state index contributed by atoms with van der Waals surface area (Å²) < 4.78 is 7.37. The van der Waals surface area contributed by atoms with Crippen LogP contribution >= 0.6 is 43.6 Å². The number of furan rings is 1. The Labute approximate surface area is 121 Å². The van der Waals surface area contributed by atoms with Gasteiger partial charge in [0.05, 0.1) is 16.8 Å². The predicted molar refractivity (Wildman–Crippen MR) is 78.2 cm³/mol. The third kappa shape index (κ3) is 3.37. The van der Waals surface area contributed by atoms with E-state index in [1.54, 1.807) is 18.0 Å². The molecule has 1 heterocycles. The molecule has 2 nitrogen and oxygen atoms in total. The Morgan fingerprint density at radius 3 is 2.59 bits per heavy atom. The fourth-order valence-electron chi connectivity index (χ4n) is 1.39. The minimum atomic E-state index is -0.114. The Morgan fingerprint density at radius 2 is 1.94 bits per heavy atom. The van der Waals surface area contributed by atoms with Gasteiger partial charge in [0.25, 0.3) is 0 Å². The number of thioether (sulfide) groups is 1. The maximum Gasteiger partial charge on any atom is 0.135 e. The predicted octanol–water partition coefficient (Wildman–Crippen LogP) is 4.60. The van der Waals surface area contributed by atoms with Gasteiger partial charge in [-0.05, 0) is 50.1 Å². The number of nitrogens with two attached hydrogens (primary N) is 1. The van der Waals surface area contributed by atoms with Gasteiger partial charge in [-0.1, -0.05) is 12.1 Å². The van der Waals surface area contributed by atoms with Crippen LogP contribution in [0.3, 0.4) is 0 Å². The van der Waals surface area contributed by atoms with E-state index in [1.807, 2.05) is 24.3 Å². The highest BCUT2D eigenvalue weighted by Gasteiger charge is 2.14. The molecule has 5 heteroatoms. The first-order chi connectivity index (χ1) is 8.18. The molecule has 17 heavy (non-hydrogen) atoms. The van der Waals surface area contributed by atoms with E-state index < -0.39 is 0 Å². The van der Waals surface area contributed by atoms with Crippen LogP contribution in [0.4, 0.5) is 0 Å².